The van der Waals surface area contributed by atoms with E-state index in [1.54, 1.807) is 0 Å². The summed E-state index contributed by atoms with van der Waals surface area (Å²) in [4.78, 5) is 12.0. The largest absolute Gasteiger partial charge is 0.361 e. The Balaban J connectivity index is 2.04. The number of ketones is 1. The van der Waals surface area contributed by atoms with Gasteiger partial charge >= 0.3 is 0 Å². The van der Waals surface area contributed by atoms with Crippen LogP contribution in [0, 0.1) is 5.41 Å². The molecule has 2 rings (SSSR count). The molecule has 0 heterocycles. The Morgan fingerprint density at radius 2 is 2.17 bits per heavy atom. The zero-order valence-corrected chi connectivity index (χ0v) is 11.6. The molecule has 1 aliphatic rings. The van der Waals surface area contributed by atoms with Gasteiger partial charge in [-0.15, -0.1) is 0 Å². The highest BCUT2D eigenvalue weighted by Gasteiger charge is 2.29. The van der Waals surface area contributed by atoms with Gasteiger partial charge in [-0.3, -0.25) is 4.79 Å². The van der Waals surface area contributed by atoms with Crippen LogP contribution in [0.2, 0.25) is 5.02 Å². The van der Waals surface area contributed by atoms with Crippen LogP contribution in [-0.4, -0.2) is 5.78 Å². The lowest BCUT2D eigenvalue weighted by molar-refractivity contribution is -0.118. The van der Waals surface area contributed by atoms with Crippen LogP contribution in [-0.2, 0) is 4.79 Å². The van der Waals surface area contributed by atoms with Gasteiger partial charge in [0, 0.05) is 28.9 Å². The standard InChI is InChI=1S/C15H18ClNO/c1-15(2)7-6-11(14(18)9-15)10-17-13-5-3-4-12(16)8-13/h3-5,8,10,17H,6-7,9H2,1-2H3/b11-10+. The fourth-order valence-electron chi connectivity index (χ4n) is 2.15. The van der Waals surface area contributed by atoms with Crippen LogP contribution < -0.4 is 5.32 Å². The molecular weight excluding hydrogens is 246 g/mol. The second kappa shape index (κ2) is 5.15. The average molecular weight is 264 g/mol. The fraction of sp³-hybridized carbons (Fsp3) is 0.400. The van der Waals surface area contributed by atoms with Crippen molar-refractivity contribution in [2.75, 3.05) is 5.32 Å². The first kappa shape index (κ1) is 13.2. The predicted molar refractivity (Wildman–Crippen MR) is 75.8 cm³/mol. The molecule has 1 fully saturated rings. The van der Waals surface area contributed by atoms with Gasteiger partial charge in [-0.05, 0) is 36.5 Å². The number of halogens is 1. The van der Waals surface area contributed by atoms with E-state index in [1.165, 1.54) is 0 Å². The van der Waals surface area contributed by atoms with E-state index in [1.807, 2.05) is 30.5 Å². The number of carbonyl (C=O) groups is 1. The van der Waals surface area contributed by atoms with Crippen molar-refractivity contribution in [3.63, 3.8) is 0 Å². The summed E-state index contributed by atoms with van der Waals surface area (Å²) in [5.74, 6) is 0.251. The number of nitrogens with one attached hydrogen (secondary N) is 1. The zero-order chi connectivity index (χ0) is 13.2. The monoisotopic (exact) mass is 263 g/mol. The highest BCUT2D eigenvalue weighted by Crippen LogP contribution is 2.35. The van der Waals surface area contributed by atoms with Crippen LogP contribution in [0.4, 0.5) is 5.69 Å². The Kier molecular flexibility index (Phi) is 3.76. The maximum Gasteiger partial charge on any atom is 0.160 e. The molecule has 1 saturated carbocycles. The summed E-state index contributed by atoms with van der Waals surface area (Å²) in [6.45, 7) is 4.29. The highest BCUT2D eigenvalue weighted by atomic mass is 35.5. The minimum atomic E-state index is 0.143. The minimum absolute atomic E-state index is 0.143. The fourth-order valence-corrected chi connectivity index (χ4v) is 2.34. The lowest BCUT2D eigenvalue weighted by Gasteiger charge is -2.29. The smallest absolute Gasteiger partial charge is 0.160 e. The Morgan fingerprint density at radius 1 is 1.39 bits per heavy atom. The van der Waals surface area contributed by atoms with E-state index in [-0.39, 0.29) is 11.2 Å². The molecule has 0 aliphatic heterocycles. The molecule has 96 valence electrons. The van der Waals surface area contributed by atoms with Gasteiger partial charge in [-0.1, -0.05) is 31.5 Å². The molecular formula is C15H18ClNO. The molecule has 1 aromatic carbocycles. The lowest BCUT2D eigenvalue weighted by Crippen LogP contribution is -2.24. The normalized spacial score (nSPS) is 21.1. The lowest BCUT2D eigenvalue weighted by atomic mass is 9.75. The third-order valence-corrected chi connectivity index (χ3v) is 3.54. The van der Waals surface area contributed by atoms with Gasteiger partial charge in [0.05, 0.1) is 0 Å². The van der Waals surface area contributed by atoms with Crippen molar-refractivity contribution in [1.82, 2.24) is 0 Å². The number of allylic oxidation sites excluding steroid dienone is 1. The predicted octanol–water partition coefficient (Wildman–Crippen LogP) is 4.42. The van der Waals surface area contributed by atoms with Crippen molar-refractivity contribution in [2.45, 2.75) is 33.1 Å². The topological polar surface area (TPSA) is 29.1 Å². The molecule has 1 N–H and O–H groups in total. The second-order valence-electron chi connectivity index (χ2n) is 5.59. The van der Waals surface area contributed by atoms with Crippen LogP contribution in [0.1, 0.15) is 33.1 Å². The maximum atomic E-state index is 12.0. The van der Waals surface area contributed by atoms with Gasteiger partial charge in [0.2, 0.25) is 0 Å². The van der Waals surface area contributed by atoms with E-state index in [0.29, 0.717) is 11.4 Å². The molecule has 1 aromatic rings. The zero-order valence-electron chi connectivity index (χ0n) is 10.8. The van der Waals surface area contributed by atoms with E-state index in [0.717, 1.165) is 24.1 Å². The molecule has 0 saturated heterocycles. The van der Waals surface area contributed by atoms with E-state index in [2.05, 4.69) is 19.2 Å². The first-order valence-corrected chi connectivity index (χ1v) is 6.58. The number of anilines is 1. The summed E-state index contributed by atoms with van der Waals surface area (Å²) < 4.78 is 0. The number of benzene rings is 1. The molecule has 0 spiro atoms. The molecule has 2 nitrogen and oxygen atoms in total. The van der Waals surface area contributed by atoms with E-state index < -0.39 is 0 Å². The van der Waals surface area contributed by atoms with Crippen LogP contribution in [0.3, 0.4) is 0 Å². The van der Waals surface area contributed by atoms with Crippen molar-refractivity contribution in [3.8, 4) is 0 Å². The summed E-state index contributed by atoms with van der Waals surface area (Å²) in [6, 6.07) is 7.49. The van der Waals surface area contributed by atoms with Crippen LogP contribution in [0.15, 0.2) is 36.0 Å². The van der Waals surface area contributed by atoms with Gasteiger partial charge in [0.25, 0.3) is 0 Å². The molecule has 3 heteroatoms. The van der Waals surface area contributed by atoms with Crippen LogP contribution in [0.5, 0.6) is 0 Å². The van der Waals surface area contributed by atoms with E-state index in [4.69, 9.17) is 11.6 Å². The van der Waals surface area contributed by atoms with Crippen molar-refractivity contribution >= 4 is 23.1 Å². The summed E-state index contributed by atoms with van der Waals surface area (Å²) in [5, 5.41) is 3.83. The number of hydrogen-bond acceptors (Lipinski definition) is 2. The van der Waals surface area contributed by atoms with Gasteiger partial charge in [0.15, 0.2) is 5.78 Å². The molecule has 1 aliphatic carbocycles. The van der Waals surface area contributed by atoms with Crippen LogP contribution in [0.25, 0.3) is 0 Å². The molecule has 0 radical (unpaired) electrons. The number of Topliss-reactive ketones (excluding diaryl/α,β-unsaturated/α-hetero) is 1. The SMILES string of the molecule is CC1(C)CC/C(=C\Nc2cccc(Cl)c2)C(=O)C1. The summed E-state index contributed by atoms with van der Waals surface area (Å²) >= 11 is 5.90. The summed E-state index contributed by atoms with van der Waals surface area (Å²) in [6.07, 6.45) is 4.36. The van der Waals surface area contributed by atoms with Crippen molar-refractivity contribution in [1.29, 1.82) is 0 Å². The summed E-state index contributed by atoms with van der Waals surface area (Å²) in [5.41, 5.74) is 1.94. The van der Waals surface area contributed by atoms with Crippen molar-refractivity contribution < 1.29 is 4.79 Å². The quantitative estimate of drug-likeness (QED) is 0.801. The van der Waals surface area contributed by atoms with Crippen molar-refractivity contribution in [3.05, 3.63) is 41.1 Å². The molecule has 0 unspecified atom stereocenters. The third-order valence-electron chi connectivity index (χ3n) is 3.31. The van der Waals surface area contributed by atoms with E-state index in [9.17, 15) is 4.79 Å². The number of rotatable bonds is 2. The van der Waals surface area contributed by atoms with E-state index >= 15 is 0 Å². The Bertz CT molecular complexity index is 491. The van der Waals surface area contributed by atoms with Gasteiger partial charge in [-0.25, -0.2) is 0 Å². The van der Waals surface area contributed by atoms with Crippen molar-refractivity contribution in [2.24, 2.45) is 5.41 Å². The Labute approximate surface area is 113 Å². The molecule has 0 amide bonds. The highest BCUT2D eigenvalue weighted by molar-refractivity contribution is 6.30. The summed E-state index contributed by atoms with van der Waals surface area (Å²) in [7, 11) is 0. The Hall–Kier alpha value is -1.28. The van der Waals surface area contributed by atoms with Gasteiger partial charge in [-0.2, -0.15) is 0 Å². The number of hydrogen-bond donors (Lipinski definition) is 1. The van der Waals surface area contributed by atoms with Gasteiger partial charge in [0.1, 0.15) is 0 Å². The molecule has 18 heavy (non-hydrogen) atoms. The first-order chi connectivity index (χ1) is 8.46. The van der Waals surface area contributed by atoms with Crippen LogP contribution >= 0.6 is 11.6 Å². The van der Waals surface area contributed by atoms with Gasteiger partial charge < -0.3 is 5.32 Å². The second-order valence-corrected chi connectivity index (χ2v) is 6.02. The molecule has 0 bridgehead atoms. The Morgan fingerprint density at radius 3 is 2.83 bits per heavy atom. The average Bonchev–Trinajstić information content (AvgIpc) is 2.27. The maximum absolute atomic E-state index is 12.0. The third kappa shape index (κ3) is 3.36. The first-order valence-electron chi connectivity index (χ1n) is 6.21. The molecule has 0 aromatic heterocycles. The number of carbonyl (C=O) groups excluding carboxylic acids is 1. The molecule has 0 atom stereocenters. The minimum Gasteiger partial charge on any atom is -0.361 e.